The monoisotopic (exact) mass is 330 g/mol. The number of carbonyl (C=O) groups is 4. The average molecular weight is 330 g/mol. The quantitative estimate of drug-likeness (QED) is 0.414. The molecule has 2 aliphatic rings. The molecule has 2 fully saturated rings. The maximum absolute atomic E-state index is 10.6. The van der Waals surface area contributed by atoms with Crippen LogP contribution in [0.5, 0.6) is 0 Å². The summed E-state index contributed by atoms with van der Waals surface area (Å²) < 4.78 is 0. The van der Waals surface area contributed by atoms with Gasteiger partial charge >= 0.3 is 0 Å². The minimum atomic E-state index is -2.11. The summed E-state index contributed by atoms with van der Waals surface area (Å²) in [4.78, 5) is 42.3. The number of hydrogen-bond acceptors (Lipinski definition) is 4. The van der Waals surface area contributed by atoms with Gasteiger partial charge in [0.2, 0.25) is 0 Å². The van der Waals surface area contributed by atoms with Gasteiger partial charge in [-0.3, -0.25) is 0 Å². The van der Waals surface area contributed by atoms with Crippen molar-refractivity contribution in [3.8, 4) is 0 Å². The zero-order chi connectivity index (χ0) is 8.22. The molecule has 6 nitrogen and oxygen atoms in total. The normalized spacial score (nSPS) is 21.5. The number of imide groups is 2. The Balaban J connectivity index is 0.000000720. The zero-order valence-corrected chi connectivity index (χ0v) is 11.9. The largest absolute Gasteiger partial charge is 0.593 e. The standard InChI is InChI=1S/C5H2N2O4.2Y/c8-1-5(2(9)6-1)3(10)7-4(5)11;;/h(H2,6,7,8,9,10,11);;/p-2. The maximum atomic E-state index is 10.6. The summed E-state index contributed by atoms with van der Waals surface area (Å²) in [7, 11) is 0. The van der Waals surface area contributed by atoms with Gasteiger partial charge in [0.1, 0.15) is 5.41 Å². The van der Waals surface area contributed by atoms with Crippen LogP contribution < -0.4 is 0 Å². The first kappa shape index (κ1) is 13.5. The molecule has 2 heterocycles. The molecule has 0 bridgehead atoms. The van der Waals surface area contributed by atoms with Crippen molar-refractivity contribution in [2.75, 3.05) is 0 Å². The molecule has 2 radical (unpaired) electrons. The van der Waals surface area contributed by atoms with E-state index in [4.69, 9.17) is 0 Å². The van der Waals surface area contributed by atoms with E-state index >= 15 is 0 Å². The Labute approximate surface area is 123 Å². The van der Waals surface area contributed by atoms with Crippen LogP contribution in [-0.2, 0) is 84.6 Å². The fourth-order valence-corrected chi connectivity index (χ4v) is 0.963. The van der Waals surface area contributed by atoms with E-state index in [1.54, 1.807) is 0 Å². The fourth-order valence-electron chi connectivity index (χ4n) is 0.963. The Morgan fingerprint density at radius 1 is 0.692 bits per heavy atom. The molecule has 2 aliphatic heterocycles. The van der Waals surface area contributed by atoms with Gasteiger partial charge in [-0.05, 0) is 0 Å². The Morgan fingerprint density at radius 3 is 1.00 bits per heavy atom. The minimum Gasteiger partial charge on any atom is -0.593 e. The molecule has 4 amide bonds. The van der Waals surface area contributed by atoms with Gasteiger partial charge in [0.25, 0.3) is 0 Å². The van der Waals surface area contributed by atoms with Gasteiger partial charge in [0.05, 0.1) is 23.6 Å². The van der Waals surface area contributed by atoms with Crippen molar-refractivity contribution in [3.63, 3.8) is 0 Å². The molecule has 0 aliphatic carbocycles. The van der Waals surface area contributed by atoms with Gasteiger partial charge in [-0.25, -0.2) is 0 Å². The van der Waals surface area contributed by atoms with Gasteiger partial charge in [-0.15, -0.1) is 0 Å². The Morgan fingerprint density at radius 2 is 0.923 bits per heavy atom. The van der Waals surface area contributed by atoms with Crippen molar-refractivity contribution >= 4 is 23.6 Å². The van der Waals surface area contributed by atoms with E-state index < -0.39 is 29.0 Å². The van der Waals surface area contributed by atoms with Crippen LogP contribution in [0.25, 0.3) is 10.6 Å². The summed E-state index contributed by atoms with van der Waals surface area (Å²) in [5.74, 6) is -3.92. The molecule has 13 heavy (non-hydrogen) atoms. The van der Waals surface area contributed by atoms with Crippen LogP contribution in [0.15, 0.2) is 0 Å². The second-order valence-corrected chi connectivity index (χ2v) is 2.19. The predicted molar refractivity (Wildman–Crippen MR) is 29.2 cm³/mol. The van der Waals surface area contributed by atoms with Crippen molar-refractivity contribution in [2.24, 2.45) is 5.41 Å². The average Bonchev–Trinajstić information content (AvgIpc) is 1.86. The third-order valence-corrected chi connectivity index (χ3v) is 1.69. The van der Waals surface area contributed by atoms with E-state index in [1.807, 2.05) is 0 Å². The molecule has 8 heteroatoms. The van der Waals surface area contributed by atoms with Gasteiger partial charge < -0.3 is 29.8 Å². The second-order valence-electron chi connectivity index (χ2n) is 2.19. The first-order valence-electron chi connectivity index (χ1n) is 2.71. The van der Waals surface area contributed by atoms with Crippen molar-refractivity contribution in [1.29, 1.82) is 0 Å². The van der Waals surface area contributed by atoms with Gasteiger partial charge in [-0.1, -0.05) is 0 Å². The molecule has 0 unspecified atom stereocenters. The third-order valence-electron chi connectivity index (χ3n) is 1.69. The van der Waals surface area contributed by atoms with E-state index in [9.17, 15) is 19.2 Å². The summed E-state index contributed by atoms with van der Waals surface area (Å²) in [6.45, 7) is 0. The van der Waals surface area contributed by atoms with Crippen LogP contribution in [0.4, 0.5) is 0 Å². The number of hydrogen-bond donors (Lipinski definition) is 0. The van der Waals surface area contributed by atoms with Crippen LogP contribution in [0.1, 0.15) is 0 Å². The van der Waals surface area contributed by atoms with Gasteiger partial charge in [-0.2, -0.15) is 0 Å². The molecule has 62 valence electrons. The third kappa shape index (κ3) is 1.30. The Bertz CT molecular complexity index is 263. The summed E-state index contributed by atoms with van der Waals surface area (Å²) in [6, 6.07) is 0. The molecule has 0 N–H and O–H groups in total. The van der Waals surface area contributed by atoms with Gasteiger partial charge in [0, 0.05) is 65.4 Å². The van der Waals surface area contributed by atoms with Crippen molar-refractivity contribution in [3.05, 3.63) is 10.6 Å². The second kappa shape index (κ2) is 3.93. The van der Waals surface area contributed by atoms with Crippen LogP contribution in [0, 0.1) is 5.41 Å². The van der Waals surface area contributed by atoms with E-state index in [0.717, 1.165) is 0 Å². The molecule has 0 aromatic rings. The SMILES string of the molecule is O=C1[N-]C(=O)C12C(=O)[N-]C2=O.[Y].[Y]. The molecule has 0 aromatic heterocycles. The summed E-state index contributed by atoms with van der Waals surface area (Å²) in [6.07, 6.45) is 0. The zero-order valence-electron chi connectivity index (χ0n) is 6.18. The molecular weight excluding hydrogens is 330 g/mol. The first-order valence-corrected chi connectivity index (χ1v) is 2.71. The summed E-state index contributed by atoms with van der Waals surface area (Å²) in [5, 5.41) is 5.64. The molecule has 0 aromatic carbocycles. The number of β-lactam (4-membered cyclic amide) rings is 4. The number of carbonyl (C=O) groups excluding carboxylic acids is 4. The van der Waals surface area contributed by atoms with Crippen LogP contribution in [0.2, 0.25) is 0 Å². The van der Waals surface area contributed by atoms with Crippen LogP contribution >= 0.6 is 0 Å². The van der Waals surface area contributed by atoms with E-state index in [1.165, 1.54) is 0 Å². The topological polar surface area (TPSA) is 96.5 Å². The number of rotatable bonds is 0. The van der Waals surface area contributed by atoms with Gasteiger partial charge in [0.15, 0.2) is 0 Å². The van der Waals surface area contributed by atoms with Crippen molar-refractivity contribution in [2.45, 2.75) is 0 Å². The van der Waals surface area contributed by atoms with E-state index in [-0.39, 0.29) is 65.4 Å². The Kier molecular flexibility index (Phi) is 4.07. The molecule has 0 saturated carbocycles. The molecule has 0 atom stereocenters. The summed E-state index contributed by atoms with van der Waals surface area (Å²) >= 11 is 0. The first-order chi connectivity index (χ1) is 5.10. The maximum Gasteiger partial charge on any atom is 0.136 e. The minimum absolute atomic E-state index is 0. The van der Waals surface area contributed by atoms with E-state index in [2.05, 4.69) is 10.6 Å². The van der Waals surface area contributed by atoms with Crippen LogP contribution in [-0.4, -0.2) is 23.6 Å². The summed E-state index contributed by atoms with van der Waals surface area (Å²) in [5.41, 5.74) is -2.11. The Hall–Kier alpha value is 0.488. The number of nitrogens with zero attached hydrogens (tertiary/aromatic N) is 2. The van der Waals surface area contributed by atoms with E-state index in [0.29, 0.717) is 0 Å². The fraction of sp³-hybridized carbons (Fsp3) is 0.200. The molecule has 1 spiro atoms. The smallest absolute Gasteiger partial charge is 0.136 e. The van der Waals surface area contributed by atoms with Crippen molar-refractivity contribution in [1.82, 2.24) is 0 Å². The predicted octanol–water partition coefficient (Wildman–Crippen LogP) is -1.15. The molecular formula is C5N2O4Y2-2. The molecule has 2 saturated heterocycles. The van der Waals surface area contributed by atoms with Crippen LogP contribution in [0.3, 0.4) is 0 Å². The van der Waals surface area contributed by atoms with Crippen molar-refractivity contribution < 1.29 is 84.6 Å². The number of amides is 4. The molecule has 2 rings (SSSR count).